The minimum atomic E-state index is -4.73. The summed E-state index contributed by atoms with van der Waals surface area (Å²) in [5, 5.41) is 22.5. The summed E-state index contributed by atoms with van der Waals surface area (Å²) in [4.78, 5) is 13.6. The lowest BCUT2D eigenvalue weighted by atomic mass is 9.86. The summed E-state index contributed by atoms with van der Waals surface area (Å²) >= 11 is 0. The number of benzene rings is 1. The molecule has 2 aromatic heterocycles. The van der Waals surface area contributed by atoms with E-state index in [4.69, 9.17) is 17.5 Å². The van der Waals surface area contributed by atoms with Gasteiger partial charge >= 0.3 is 16.6 Å². The van der Waals surface area contributed by atoms with Crippen molar-refractivity contribution in [3.05, 3.63) is 53.1 Å². The first-order valence-electron chi connectivity index (χ1n) is 11.6. The summed E-state index contributed by atoms with van der Waals surface area (Å²) in [6.45, 7) is 4.66. The van der Waals surface area contributed by atoms with Gasteiger partial charge in [-0.25, -0.2) is 8.78 Å². The maximum atomic E-state index is 14.8. The molecule has 1 fully saturated rings. The fraction of sp³-hybridized carbons (Fsp3) is 0.391. The van der Waals surface area contributed by atoms with Gasteiger partial charge in [0.1, 0.15) is 23.2 Å². The van der Waals surface area contributed by atoms with Gasteiger partial charge in [-0.1, -0.05) is 0 Å². The molecule has 18 heteroatoms. The number of carbonyl (C=O) groups is 1. The number of aromatic amines is 1. The van der Waals surface area contributed by atoms with Gasteiger partial charge in [0.15, 0.2) is 0 Å². The number of nitrogens with zero attached hydrogens (tertiary/aromatic N) is 5. The quantitative estimate of drug-likeness (QED) is 0.242. The van der Waals surface area contributed by atoms with Crippen molar-refractivity contribution in [1.82, 2.24) is 25.3 Å². The van der Waals surface area contributed by atoms with E-state index >= 15 is 0 Å². The van der Waals surface area contributed by atoms with Crippen LogP contribution in [0.2, 0.25) is 0 Å². The van der Waals surface area contributed by atoms with Crippen LogP contribution in [0.15, 0.2) is 24.5 Å². The molecule has 4 rings (SSSR count). The van der Waals surface area contributed by atoms with E-state index in [1.54, 1.807) is 22.4 Å². The van der Waals surface area contributed by atoms with Crippen LogP contribution in [0.25, 0.3) is 11.1 Å². The highest BCUT2D eigenvalue weighted by molar-refractivity contribution is 7.79. The van der Waals surface area contributed by atoms with Gasteiger partial charge in [0, 0.05) is 42.2 Å². The van der Waals surface area contributed by atoms with E-state index in [0.717, 1.165) is 28.6 Å². The van der Waals surface area contributed by atoms with Gasteiger partial charge in [-0.15, -0.1) is 0 Å². The Hall–Kier alpha value is -4.08. The third kappa shape index (κ3) is 7.17. The SMILES string of the molecule is Cc1n[nH]c(C)c1-c1cnn(C2(CC#N)CN(c3cc(F)c(C(=O)N[C@@H](C)C(F)(F)F)cc3F)C2)c1.O=S(=O)(O)O. The van der Waals surface area contributed by atoms with E-state index in [9.17, 15) is 32.0 Å². The van der Waals surface area contributed by atoms with Crippen molar-refractivity contribution < 1.29 is 44.3 Å². The van der Waals surface area contributed by atoms with Crippen molar-refractivity contribution >= 4 is 22.0 Å². The first kappa shape index (κ1) is 31.4. The second kappa shape index (κ2) is 11.4. The van der Waals surface area contributed by atoms with Crippen LogP contribution in [0.4, 0.5) is 27.6 Å². The van der Waals surface area contributed by atoms with Crippen LogP contribution in [-0.2, 0) is 15.9 Å². The molecule has 0 spiro atoms. The molecular formula is C23H24F5N7O5S. The molecule has 0 saturated carbocycles. The number of nitriles is 1. The van der Waals surface area contributed by atoms with Crippen LogP contribution < -0.4 is 10.2 Å². The lowest BCUT2D eigenvalue weighted by molar-refractivity contribution is -0.149. The number of nitrogens with one attached hydrogen (secondary N) is 2. The van der Waals surface area contributed by atoms with Crippen molar-refractivity contribution in [2.75, 3.05) is 18.0 Å². The number of alkyl halides is 3. The summed E-state index contributed by atoms with van der Waals surface area (Å²) < 4.78 is 101. The maximum absolute atomic E-state index is 14.8. The van der Waals surface area contributed by atoms with Gasteiger partial charge < -0.3 is 10.2 Å². The molecule has 1 aromatic carbocycles. The molecule has 1 aliphatic rings. The van der Waals surface area contributed by atoms with Gasteiger partial charge in [-0.3, -0.25) is 23.7 Å². The van der Waals surface area contributed by atoms with Crippen molar-refractivity contribution in [2.45, 2.75) is 44.9 Å². The molecule has 4 N–H and O–H groups in total. The Morgan fingerprint density at radius 1 is 1.24 bits per heavy atom. The Kier molecular flexibility index (Phi) is 8.76. The first-order valence-corrected chi connectivity index (χ1v) is 13.0. The number of carbonyl (C=O) groups excluding carboxylic acids is 1. The average Bonchev–Trinajstić information content (AvgIpc) is 3.41. The van der Waals surface area contributed by atoms with Gasteiger partial charge in [0.25, 0.3) is 5.91 Å². The number of anilines is 1. The predicted molar refractivity (Wildman–Crippen MR) is 133 cm³/mol. The zero-order chi connectivity index (χ0) is 30.9. The molecule has 3 heterocycles. The van der Waals surface area contributed by atoms with Crippen molar-refractivity contribution in [2.24, 2.45) is 0 Å². The molecule has 41 heavy (non-hydrogen) atoms. The molecule has 3 aromatic rings. The van der Waals surface area contributed by atoms with Crippen molar-refractivity contribution in [3.8, 4) is 17.2 Å². The summed E-state index contributed by atoms with van der Waals surface area (Å²) in [5.41, 5.74) is 1.49. The molecule has 0 aliphatic carbocycles. The van der Waals surface area contributed by atoms with Crippen molar-refractivity contribution in [3.63, 3.8) is 0 Å². The molecule has 222 valence electrons. The average molecular weight is 606 g/mol. The van der Waals surface area contributed by atoms with Crippen LogP contribution in [0.3, 0.4) is 0 Å². The number of aryl methyl sites for hydroxylation is 2. The van der Waals surface area contributed by atoms with Crippen LogP contribution in [-0.4, -0.2) is 68.7 Å². The number of H-pyrrole nitrogens is 1. The van der Waals surface area contributed by atoms with Crippen LogP contribution >= 0.6 is 0 Å². The largest absolute Gasteiger partial charge is 0.408 e. The van der Waals surface area contributed by atoms with Gasteiger partial charge in [0.2, 0.25) is 0 Å². The molecular weight excluding hydrogens is 581 g/mol. The molecule has 0 radical (unpaired) electrons. The number of amides is 1. The Bertz CT molecular complexity index is 1560. The summed E-state index contributed by atoms with van der Waals surface area (Å²) in [6, 6.07) is 1.22. The molecule has 12 nitrogen and oxygen atoms in total. The Balaban J connectivity index is 0.000000850. The Morgan fingerprint density at radius 2 is 1.85 bits per heavy atom. The second-order valence-electron chi connectivity index (χ2n) is 9.37. The minimum Gasteiger partial charge on any atom is -0.364 e. The standard InChI is InChI=1S/C23H22F5N7O.H2O4S/c1-12-20(13(2)33-32-12)15-8-30-35(9-15)22(4-5-29)10-34(11-22)19-7-17(24)16(6-18(19)25)21(36)31-14(3)23(26,27)28;1-5(2,3)4/h6-9,14H,4,10-11H2,1-3H3,(H,31,36)(H,32,33);(H2,1,2,3,4)/t14-;/m0./s1. The van der Waals surface area contributed by atoms with E-state index in [1.165, 1.54) is 4.90 Å². The second-order valence-corrected chi connectivity index (χ2v) is 10.3. The smallest absolute Gasteiger partial charge is 0.364 e. The molecule has 1 saturated heterocycles. The van der Waals surface area contributed by atoms with E-state index in [0.29, 0.717) is 13.0 Å². The molecule has 1 aliphatic heterocycles. The molecule has 1 atom stereocenters. The monoisotopic (exact) mass is 605 g/mol. The van der Waals surface area contributed by atoms with E-state index in [1.807, 2.05) is 13.8 Å². The zero-order valence-electron chi connectivity index (χ0n) is 21.7. The van der Waals surface area contributed by atoms with E-state index < -0.39 is 51.3 Å². The van der Waals surface area contributed by atoms with E-state index in [-0.39, 0.29) is 25.2 Å². The Morgan fingerprint density at radius 3 is 2.37 bits per heavy atom. The molecule has 0 bridgehead atoms. The predicted octanol–water partition coefficient (Wildman–Crippen LogP) is 3.33. The number of rotatable bonds is 6. The van der Waals surface area contributed by atoms with E-state index in [2.05, 4.69) is 21.4 Å². The minimum absolute atomic E-state index is 0.0495. The maximum Gasteiger partial charge on any atom is 0.408 e. The highest BCUT2D eigenvalue weighted by atomic mass is 32.3. The topological polar surface area (TPSA) is 177 Å². The summed E-state index contributed by atoms with van der Waals surface area (Å²) in [7, 11) is -4.67. The van der Waals surface area contributed by atoms with Gasteiger partial charge in [-0.2, -0.15) is 37.0 Å². The highest BCUT2D eigenvalue weighted by Gasteiger charge is 2.47. The third-order valence-electron chi connectivity index (χ3n) is 6.32. The third-order valence-corrected chi connectivity index (χ3v) is 6.32. The lowest BCUT2D eigenvalue weighted by Gasteiger charge is -2.50. The Labute approximate surface area is 230 Å². The van der Waals surface area contributed by atoms with Gasteiger partial charge in [0.05, 0.1) is 35.6 Å². The lowest BCUT2D eigenvalue weighted by Crippen LogP contribution is -2.63. The fourth-order valence-electron chi connectivity index (χ4n) is 4.32. The number of halogens is 5. The number of aromatic nitrogens is 4. The van der Waals surface area contributed by atoms with Gasteiger partial charge in [-0.05, 0) is 26.8 Å². The normalized spacial score (nSPS) is 15.3. The first-order chi connectivity index (χ1) is 18.9. The van der Waals surface area contributed by atoms with Crippen LogP contribution in [0.5, 0.6) is 0 Å². The van der Waals surface area contributed by atoms with Crippen LogP contribution in [0, 0.1) is 36.8 Å². The number of hydrogen-bond donors (Lipinski definition) is 4. The molecule has 1 amide bonds. The molecule has 0 unspecified atom stereocenters. The number of hydrogen-bond acceptors (Lipinski definition) is 7. The zero-order valence-corrected chi connectivity index (χ0v) is 22.5. The summed E-state index contributed by atoms with van der Waals surface area (Å²) in [5.74, 6) is -3.51. The summed E-state index contributed by atoms with van der Waals surface area (Å²) in [6.07, 6.45) is -1.27. The van der Waals surface area contributed by atoms with Crippen molar-refractivity contribution in [1.29, 1.82) is 5.26 Å². The fourth-order valence-corrected chi connectivity index (χ4v) is 4.32. The highest BCUT2D eigenvalue weighted by Crippen LogP contribution is 2.39. The van der Waals surface area contributed by atoms with Crippen LogP contribution in [0.1, 0.15) is 35.1 Å².